The van der Waals surface area contributed by atoms with Crippen LogP contribution in [0.5, 0.6) is 5.75 Å². The molecular weight excluding hydrogens is 222 g/mol. The lowest BCUT2D eigenvalue weighted by molar-refractivity contribution is 0.161. The van der Waals surface area contributed by atoms with Gasteiger partial charge in [-0.2, -0.15) is 0 Å². The fraction of sp³-hybridized carbons (Fsp3) is 0.538. The molecule has 88 valence electrons. The van der Waals surface area contributed by atoms with Crippen molar-refractivity contribution in [3.63, 3.8) is 0 Å². The van der Waals surface area contributed by atoms with E-state index in [1.165, 1.54) is 12.0 Å². The molecular formula is C13H18ClNO. The van der Waals surface area contributed by atoms with Gasteiger partial charge in [0, 0.05) is 23.7 Å². The molecule has 0 aromatic heterocycles. The maximum Gasteiger partial charge on any atom is 0.124 e. The van der Waals surface area contributed by atoms with Crippen LogP contribution in [0.1, 0.15) is 25.8 Å². The predicted octanol–water partition coefficient (Wildman–Crippen LogP) is 3.33. The van der Waals surface area contributed by atoms with Gasteiger partial charge in [0.25, 0.3) is 0 Å². The first-order valence-corrected chi connectivity index (χ1v) is 6.24. The molecule has 1 aliphatic rings. The quantitative estimate of drug-likeness (QED) is 0.785. The minimum absolute atomic E-state index is 0.244. The Morgan fingerprint density at radius 1 is 1.50 bits per heavy atom. The van der Waals surface area contributed by atoms with Gasteiger partial charge in [0.1, 0.15) is 11.9 Å². The van der Waals surface area contributed by atoms with E-state index in [-0.39, 0.29) is 6.10 Å². The van der Waals surface area contributed by atoms with Crippen LogP contribution in [-0.2, 0) is 6.54 Å². The van der Waals surface area contributed by atoms with Crippen LogP contribution >= 0.6 is 11.6 Å². The number of ether oxygens (including phenoxy) is 1. The molecule has 0 radical (unpaired) electrons. The van der Waals surface area contributed by atoms with Gasteiger partial charge in [-0.05, 0) is 38.1 Å². The monoisotopic (exact) mass is 239 g/mol. The zero-order valence-electron chi connectivity index (χ0n) is 9.87. The van der Waals surface area contributed by atoms with Gasteiger partial charge in [-0.25, -0.2) is 0 Å². The SMILES string of the molecule is CCCN1Cc2cc(Cl)ccc2OC(C)C1. The maximum absolute atomic E-state index is 6.02. The summed E-state index contributed by atoms with van der Waals surface area (Å²) in [4.78, 5) is 2.42. The summed E-state index contributed by atoms with van der Waals surface area (Å²) >= 11 is 6.02. The van der Waals surface area contributed by atoms with Crippen molar-refractivity contribution < 1.29 is 4.74 Å². The first-order chi connectivity index (χ1) is 7.69. The minimum atomic E-state index is 0.244. The Morgan fingerprint density at radius 3 is 3.06 bits per heavy atom. The smallest absolute Gasteiger partial charge is 0.124 e. The summed E-state index contributed by atoms with van der Waals surface area (Å²) in [5.41, 5.74) is 1.20. The van der Waals surface area contributed by atoms with Crippen LogP contribution in [0.25, 0.3) is 0 Å². The van der Waals surface area contributed by atoms with Crippen LogP contribution in [0.15, 0.2) is 18.2 Å². The van der Waals surface area contributed by atoms with E-state index in [4.69, 9.17) is 16.3 Å². The highest BCUT2D eigenvalue weighted by Crippen LogP contribution is 2.27. The van der Waals surface area contributed by atoms with Crippen molar-refractivity contribution >= 4 is 11.6 Å². The van der Waals surface area contributed by atoms with E-state index < -0.39 is 0 Å². The van der Waals surface area contributed by atoms with Crippen LogP contribution in [-0.4, -0.2) is 24.1 Å². The Kier molecular flexibility index (Phi) is 3.72. The predicted molar refractivity (Wildman–Crippen MR) is 67.1 cm³/mol. The first kappa shape index (κ1) is 11.7. The third-order valence-corrected chi connectivity index (χ3v) is 3.03. The highest BCUT2D eigenvalue weighted by molar-refractivity contribution is 6.30. The van der Waals surface area contributed by atoms with Crippen molar-refractivity contribution in [2.24, 2.45) is 0 Å². The molecule has 0 amide bonds. The molecule has 1 atom stereocenters. The van der Waals surface area contributed by atoms with Gasteiger partial charge in [-0.15, -0.1) is 0 Å². The lowest BCUT2D eigenvalue weighted by Crippen LogP contribution is -2.31. The molecule has 0 saturated carbocycles. The molecule has 1 aromatic rings. The minimum Gasteiger partial charge on any atom is -0.489 e. The van der Waals surface area contributed by atoms with Gasteiger partial charge in [0.2, 0.25) is 0 Å². The summed E-state index contributed by atoms with van der Waals surface area (Å²) in [7, 11) is 0. The molecule has 0 aliphatic carbocycles. The summed E-state index contributed by atoms with van der Waals surface area (Å²) in [5.74, 6) is 0.982. The lowest BCUT2D eigenvalue weighted by Gasteiger charge is -2.20. The van der Waals surface area contributed by atoms with Gasteiger partial charge in [0.05, 0.1) is 0 Å². The molecule has 0 fully saturated rings. The van der Waals surface area contributed by atoms with Crippen LogP contribution in [0, 0.1) is 0 Å². The topological polar surface area (TPSA) is 12.5 Å². The molecule has 2 rings (SSSR count). The normalized spacial score (nSPS) is 21.1. The molecule has 0 bridgehead atoms. The largest absolute Gasteiger partial charge is 0.489 e. The number of hydrogen-bond acceptors (Lipinski definition) is 2. The average Bonchev–Trinajstić information content (AvgIpc) is 2.36. The van der Waals surface area contributed by atoms with E-state index in [1.807, 2.05) is 18.2 Å². The van der Waals surface area contributed by atoms with Gasteiger partial charge >= 0.3 is 0 Å². The Morgan fingerprint density at radius 2 is 2.31 bits per heavy atom. The second kappa shape index (κ2) is 5.07. The number of fused-ring (bicyclic) bond motifs is 1. The van der Waals surface area contributed by atoms with Crippen molar-refractivity contribution in [3.05, 3.63) is 28.8 Å². The Balaban J connectivity index is 2.25. The third-order valence-electron chi connectivity index (χ3n) is 2.80. The second-order valence-corrected chi connectivity index (χ2v) is 4.85. The number of halogens is 1. The van der Waals surface area contributed by atoms with Crippen LogP contribution in [0.2, 0.25) is 5.02 Å². The fourth-order valence-electron chi connectivity index (χ4n) is 2.20. The summed E-state index contributed by atoms with van der Waals surface area (Å²) in [6.07, 6.45) is 1.41. The standard InChI is InChI=1S/C13H18ClNO/c1-3-6-15-8-10(2)16-13-5-4-12(14)7-11(13)9-15/h4-5,7,10H,3,6,8-9H2,1-2H3. The van der Waals surface area contributed by atoms with Crippen LogP contribution in [0.4, 0.5) is 0 Å². The first-order valence-electron chi connectivity index (χ1n) is 5.86. The molecule has 2 nitrogen and oxygen atoms in total. The van der Waals surface area contributed by atoms with E-state index in [0.29, 0.717) is 0 Å². The summed E-state index contributed by atoms with van der Waals surface area (Å²) < 4.78 is 5.89. The van der Waals surface area contributed by atoms with Gasteiger partial charge in [0.15, 0.2) is 0 Å². The maximum atomic E-state index is 6.02. The van der Waals surface area contributed by atoms with Crippen molar-refractivity contribution in [2.45, 2.75) is 32.9 Å². The van der Waals surface area contributed by atoms with Gasteiger partial charge in [-0.1, -0.05) is 18.5 Å². The van der Waals surface area contributed by atoms with E-state index in [0.717, 1.165) is 30.4 Å². The van der Waals surface area contributed by atoms with E-state index in [1.54, 1.807) is 0 Å². The fourth-order valence-corrected chi connectivity index (χ4v) is 2.39. The molecule has 1 aromatic carbocycles. The van der Waals surface area contributed by atoms with Crippen molar-refractivity contribution in [1.29, 1.82) is 0 Å². The zero-order chi connectivity index (χ0) is 11.5. The molecule has 1 heterocycles. The molecule has 3 heteroatoms. The van der Waals surface area contributed by atoms with E-state index in [2.05, 4.69) is 18.7 Å². The van der Waals surface area contributed by atoms with E-state index in [9.17, 15) is 0 Å². The van der Waals surface area contributed by atoms with Crippen molar-refractivity contribution in [3.8, 4) is 5.75 Å². The second-order valence-electron chi connectivity index (χ2n) is 4.42. The number of hydrogen-bond donors (Lipinski definition) is 0. The molecule has 16 heavy (non-hydrogen) atoms. The number of nitrogens with zero attached hydrogens (tertiary/aromatic N) is 1. The number of benzene rings is 1. The molecule has 1 aliphatic heterocycles. The number of rotatable bonds is 2. The van der Waals surface area contributed by atoms with E-state index >= 15 is 0 Å². The molecule has 0 saturated heterocycles. The van der Waals surface area contributed by atoms with Crippen LogP contribution < -0.4 is 4.74 Å². The highest BCUT2D eigenvalue weighted by atomic mass is 35.5. The molecule has 0 N–H and O–H groups in total. The summed E-state index contributed by atoms with van der Waals surface area (Å²) in [6, 6.07) is 5.88. The molecule has 0 spiro atoms. The Labute approximate surface area is 102 Å². The van der Waals surface area contributed by atoms with Crippen LogP contribution in [0.3, 0.4) is 0 Å². The average molecular weight is 240 g/mol. The van der Waals surface area contributed by atoms with Crippen molar-refractivity contribution in [1.82, 2.24) is 4.90 Å². The van der Waals surface area contributed by atoms with Crippen molar-refractivity contribution in [2.75, 3.05) is 13.1 Å². The zero-order valence-corrected chi connectivity index (χ0v) is 10.6. The highest BCUT2D eigenvalue weighted by Gasteiger charge is 2.19. The Bertz CT molecular complexity index is 367. The molecule has 1 unspecified atom stereocenters. The Hall–Kier alpha value is -0.730. The summed E-state index contributed by atoms with van der Waals surface area (Å²) in [6.45, 7) is 7.36. The van der Waals surface area contributed by atoms with Gasteiger partial charge in [-0.3, -0.25) is 4.90 Å². The summed E-state index contributed by atoms with van der Waals surface area (Å²) in [5, 5.41) is 0.786. The van der Waals surface area contributed by atoms with Gasteiger partial charge < -0.3 is 4.74 Å². The lowest BCUT2D eigenvalue weighted by atomic mass is 10.2. The third kappa shape index (κ3) is 2.69.